The van der Waals surface area contributed by atoms with E-state index in [1.54, 1.807) is 0 Å². The van der Waals surface area contributed by atoms with Crippen molar-refractivity contribution in [3.05, 3.63) is 42.9 Å². The first-order valence-electron chi connectivity index (χ1n) is 21.3. The molecule has 0 spiro atoms. The van der Waals surface area contributed by atoms with Crippen LogP contribution < -0.4 is 124 Å². The zero-order valence-corrected chi connectivity index (χ0v) is 46.4. The van der Waals surface area contributed by atoms with E-state index in [2.05, 4.69) is 38.9 Å². The number of hydrogen-bond acceptors (Lipinski definition) is 14. The molecule has 0 aliphatic carbocycles. The molecule has 0 heterocycles. The van der Waals surface area contributed by atoms with Crippen molar-refractivity contribution in [2.45, 2.75) is 115 Å². The molecule has 14 nitrogen and oxygen atoms in total. The van der Waals surface area contributed by atoms with E-state index in [-0.39, 0.29) is 156 Å². The normalized spacial score (nSPS) is 14.2. The minimum absolute atomic E-state index is 0. The molecule has 0 amide bonds. The first-order valence-corrected chi connectivity index (χ1v) is 25.9. The van der Waals surface area contributed by atoms with Crippen LogP contribution in [0.5, 0.6) is 0 Å². The maximum atomic E-state index is 14.8. The number of rotatable bonds is 41. The number of carbonyl (C=O) groups is 6. The smallest absolute Gasteiger partial charge is 0.303 e. The van der Waals surface area contributed by atoms with Gasteiger partial charge in [0.05, 0.1) is 19.1 Å². The molecule has 10 N–H and O–H groups in total. The summed E-state index contributed by atoms with van der Waals surface area (Å²) in [6, 6.07) is 6.91. The fraction of sp³-hybridized carbons (Fsp3) is 0.698. The summed E-state index contributed by atoms with van der Waals surface area (Å²) >= 11 is 1.22. The van der Waals surface area contributed by atoms with Crippen molar-refractivity contribution in [3.8, 4) is 0 Å². The number of unbranched alkanes of at least 4 members (excludes halogenated alkanes) is 2. The summed E-state index contributed by atoms with van der Waals surface area (Å²) < 4.78 is 29.4. The minimum atomic E-state index is -1.23. The number of halogens is 4. The van der Waals surface area contributed by atoms with Crippen LogP contribution in [0.4, 0.5) is 8.78 Å². The van der Waals surface area contributed by atoms with Crippen LogP contribution in [-0.4, -0.2) is 137 Å². The van der Waals surface area contributed by atoms with Crippen LogP contribution in [0.3, 0.4) is 0 Å². The Morgan fingerprint density at radius 3 is 1.89 bits per heavy atom. The van der Waals surface area contributed by atoms with Gasteiger partial charge >= 0.3 is 316 Å². The maximum absolute atomic E-state index is 14.8. The summed E-state index contributed by atoms with van der Waals surface area (Å²) in [7, 11) is 3.64. The number of ketones is 6. The van der Waals surface area contributed by atoms with Crippen LogP contribution in [-0.2, 0) is 35.2 Å². The second-order valence-electron chi connectivity index (χ2n) is 15.7. The van der Waals surface area contributed by atoms with Gasteiger partial charge in [0.15, 0.2) is 5.78 Å². The van der Waals surface area contributed by atoms with Crippen molar-refractivity contribution < 1.29 is 118 Å². The number of nitrogens with one attached hydrogen (secondary N) is 6. The number of alkyl halides is 5. The van der Waals surface area contributed by atoms with Crippen LogP contribution in [0.2, 0.25) is 0 Å². The van der Waals surface area contributed by atoms with E-state index in [0.29, 0.717) is 47.8 Å². The molecule has 0 fully saturated rings. The van der Waals surface area contributed by atoms with Crippen LogP contribution in [0.1, 0.15) is 77.2 Å². The van der Waals surface area contributed by atoms with E-state index in [1.807, 2.05) is 66.8 Å². The molecule has 1 aromatic rings. The SMILES string of the molecule is [CH2-]N[C@@H](CCCCN)C(=O)CC(=O)[C@H](CCCCN)NC[I-]CC(F)CNCC(=O)CN[C@@H](CC(C)C)C(=O)CN[C@@H](Cc1ccccc1)C(=O)CNCC(=O)CC(F)CI.[Na+].[Na+]. The van der Waals surface area contributed by atoms with Crippen molar-refractivity contribution in [1.29, 1.82) is 0 Å². The van der Waals surface area contributed by atoms with Gasteiger partial charge in [-0.15, -0.1) is 0 Å². The quantitative estimate of drug-likeness (QED) is 0.00581. The van der Waals surface area contributed by atoms with Crippen molar-refractivity contribution in [3.63, 3.8) is 0 Å². The topological polar surface area (TPSA) is 227 Å². The second kappa shape index (κ2) is 41.2. The molecule has 0 saturated heterocycles. The summed E-state index contributed by atoms with van der Waals surface area (Å²) in [4.78, 5) is 77.4. The summed E-state index contributed by atoms with van der Waals surface area (Å²) in [6.07, 6.45) is 2.05. The predicted octanol–water partition coefficient (Wildman–Crippen LogP) is -7.30. The van der Waals surface area contributed by atoms with E-state index in [0.717, 1.165) is 31.2 Å². The van der Waals surface area contributed by atoms with E-state index in [9.17, 15) is 37.5 Å². The second-order valence-corrected chi connectivity index (χ2v) is 19.3. The molecule has 0 bridgehead atoms. The van der Waals surface area contributed by atoms with Crippen LogP contribution in [0.25, 0.3) is 0 Å². The Morgan fingerprint density at radius 1 is 0.698 bits per heavy atom. The fourth-order valence-electron chi connectivity index (χ4n) is 6.32. The fourth-order valence-corrected chi connectivity index (χ4v) is 8.77. The predicted molar refractivity (Wildman–Crippen MR) is 242 cm³/mol. The third-order valence-corrected chi connectivity index (χ3v) is 13.2. The molecule has 63 heavy (non-hydrogen) atoms. The summed E-state index contributed by atoms with van der Waals surface area (Å²) in [6.45, 7) is 4.35. The van der Waals surface area contributed by atoms with Gasteiger partial charge < -0.3 is 5.32 Å². The number of carbonyl (C=O) groups excluding carboxylic acids is 6. The summed E-state index contributed by atoms with van der Waals surface area (Å²) in [5.74, 6) is -1.30. The summed E-state index contributed by atoms with van der Waals surface area (Å²) in [5, 5.41) is 17.9. The van der Waals surface area contributed by atoms with Crippen LogP contribution >= 0.6 is 22.6 Å². The molecule has 20 heteroatoms. The van der Waals surface area contributed by atoms with Gasteiger partial charge in [0, 0.05) is 10.8 Å². The number of Topliss-reactive ketones (excluding diaryl/α,β-unsaturated/α-hetero) is 6. The number of nitrogens with two attached hydrogens (primary N) is 2. The number of benzene rings is 1. The van der Waals surface area contributed by atoms with Gasteiger partial charge in [0.1, 0.15) is 12.0 Å². The Balaban J connectivity index is 0. The van der Waals surface area contributed by atoms with Crippen molar-refractivity contribution >= 4 is 57.3 Å². The average molecular weight is 1130 g/mol. The zero-order chi connectivity index (χ0) is 45.4. The molecule has 6 atom stereocenters. The van der Waals surface area contributed by atoms with Crippen molar-refractivity contribution in [2.75, 3.05) is 65.8 Å². The Hall–Kier alpha value is 0.240. The van der Waals surface area contributed by atoms with Gasteiger partial charge in [-0.1, -0.05) is 52.9 Å². The van der Waals surface area contributed by atoms with E-state index >= 15 is 0 Å². The molecular weight excluding hydrogens is 1060 g/mol. The molecule has 1 aromatic carbocycles. The first-order chi connectivity index (χ1) is 29.2. The standard InChI is InChI=1S/C43H72F2I2N8O6.2Na/c1-30(2)17-38(43(61)28-54-39(18-31-11-5-4-6-12-31)42(60)27-52-24-34(56)19-32(44)21-46)53-26-35(57)25-51-23-33(45)22-47-29-55-37(14-8-10-16-49)41(59)20-40(58)36(50-3)13-7-9-15-48;;/h4-6,11-12,30,32-33,36-39,50-55H,3,7-10,13-29,48-49H2,1-2H3;;/q-2;2*+1/t32?,33?,36-,37-,38-,39-;;/m0../s1. The van der Waals surface area contributed by atoms with Gasteiger partial charge in [0.2, 0.25) is 0 Å². The molecule has 350 valence electrons. The van der Waals surface area contributed by atoms with Crippen molar-refractivity contribution in [1.82, 2.24) is 31.9 Å². The molecule has 1 rings (SSSR count). The van der Waals surface area contributed by atoms with E-state index < -0.39 is 57.7 Å². The monoisotopic (exact) mass is 1130 g/mol. The molecule has 0 radical (unpaired) electrons. The van der Waals surface area contributed by atoms with E-state index in [4.69, 9.17) is 11.5 Å². The minimum Gasteiger partial charge on any atom is -0.303 e. The van der Waals surface area contributed by atoms with E-state index in [1.165, 1.54) is 0 Å². The van der Waals surface area contributed by atoms with Gasteiger partial charge in [-0.25, -0.2) is 4.39 Å². The van der Waals surface area contributed by atoms with Crippen LogP contribution in [0, 0.1) is 13.0 Å². The van der Waals surface area contributed by atoms with Gasteiger partial charge in [0.25, 0.3) is 0 Å². The first kappa shape index (κ1) is 65.3. The Morgan fingerprint density at radius 2 is 1.29 bits per heavy atom. The molecule has 0 aromatic heterocycles. The zero-order valence-electron chi connectivity index (χ0n) is 38.1. The third-order valence-electron chi connectivity index (χ3n) is 9.72. The number of hydrogen-bond donors (Lipinski definition) is 8. The Labute approximate surface area is 443 Å². The Bertz CT molecular complexity index is 1430. The molecule has 0 aliphatic rings. The van der Waals surface area contributed by atoms with Crippen molar-refractivity contribution in [2.24, 2.45) is 17.4 Å². The third kappa shape index (κ3) is 32.6. The molecule has 2 unspecified atom stereocenters. The molecular formula is C43H72F2I2N8Na2O6. The summed E-state index contributed by atoms with van der Waals surface area (Å²) in [5.41, 5.74) is 12.1. The van der Waals surface area contributed by atoms with Gasteiger partial charge in [-0.3, -0.25) is 9.59 Å². The van der Waals surface area contributed by atoms with Crippen LogP contribution in [0.15, 0.2) is 30.3 Å². The molecule has 0 saturated carbocycles. The molecule has 0 aliphatic heterocycles. The van der Waals surface area contributed by atoms with Gasteiger partial charge in [-0.05, 0) is 12.0 Å². The van der Waals surface area contributed by atoms with Gasteiger partial charge in [-0.2, -0.15) is 0 Å². The average Bonchev–Trinajstić information content (AvgIpc) is 3.23. The Kier molecular flexibility index (Phi) is 42.8.